The van der Waals surface area contributed by atoms with E-state index in [1.165, 1.54) is 4.90 Å². The van der Waals surface area contributed by atoms with Crippen LogP contribution in [0.4, 0.5) is 4.79 Å². The van der Waals surface area contributed by atoms with Crippen molar-refractivity contribution in [1.82, 2.24) is 29.7 Å². The van der Waals surface area contributed by atoms with E-state index >= 15 is 0 Å². The fourth-order valence-corrected chi connectivity index (χ4v) is 3.94. The quantitative estimate of drug-likeness (QED) is 0.765. The summed E-state index contributed by atoms with van der Waals surface area (Å²) in [5, 5.41) is 10.2. The lowest BCUT2D eigenvalue weighted by Gasteiger charge is -2.30. The first-order valence-electron chi connectivity index (χ1n) is 9.52. The molecule has 1 aliphatic carbocycles. The van der Waals surface area contributed by atoms with Crippen LogP contribution in [0.1, 0.15) is 36.0 Å². The van der Waals surface area contributed by atoms with Crippen LogP contribution in [-0.4, -0.2) is 68.8 Å². The highest BCUT2D eigenvalue weighted by atomic mass is 16.6. The van der Waals surface area contributed by atoms with Crippen LogP contribution in [0, 0.1) is 0 Å². The van der Waals surface area contributed by atoms with Gasteiger partial charge in [0.1, 0.15) is 24.4 Å². The Bertz CT molecular complexity index is 903. The normalized spacial score (nSPS) is 22.3. The molecule has 2 atom stereocenters. The van der Waals surface area contributed by atoms with Crippen molar-refractivity contribution >= 4 is 23.6 Å². The van der Waals surface area contributed by atoms with Gasteiger partial charge in [-0.15, -0.1) is 0 Å². The van der Waals surface area contributed by atoms with Crippen molar-refractivity contribution < 1.29 is 19.1 Å². The average molecular weight is 388 g/mol. The Morgan fingerprint density at radius 2 is 2.04 bits per heavy atom. The minimum Gasteiger partial charge on any atom is -0.448 e. The summed E-state index contributed by atoms with van der Waals surface area (Å²) in [6.45, 7) is 0.774. The molecule has 10 heteroatoms. The molecular formula is C18H24N6O4. The van der Waals surface area contributed by atoms with Crippen LogP contribution >= 0.6 is 0 Å². The van der Waals surface area contributed by atoms with Crippen molar-refractivity contribution in [2.24, 2.45) is 7.05 Å². The van der Waals surface area contributed by atoms with Crippen LogP contribution in [0.15, 0.2) is 18.6 Å². The Labute approximate surface area is 161 Å². The Kier molecular flexibility index (Phi) is 4.93. The molecule has 0 spiro atoms. The number of nitrogens with zero attached hydrogens (tertiary/aromatic N) is 4. The Hall–Kier alpha value is -3.04. The number of rotatable bonds is 5. The van der Waals surface area contributed by atoms with Gasteiger partial charge < -0.3 is 19.9 Å². The van der Waals surface area contributed by atoms with E-state index in [2.05, 4.69) is 15.7 Å². The third kappa shape index (κ3) is 3.67. The number of ether oxygens (including phenoxy) is 1. The molecule has 4 rings (SSSR count). The molecule has 10 nitrogen and oxygen atoms in total. The molecule has 1 aliphatic heterocycles. The first kappa shape index (κ1) is 18.3. The lowest BCUT2D eigenvalue weighted by Crippen LogP contribution is -2.48. The Morgan fingerprint density at radius 1 is 1.25 bits per heavy atom. The van der Waals surface area contributed by atoms with Crippen molar-refractivity contribution in [3.63, 3.8) is 0 Å². The van der Waals surface area contributed by atoms with E-state index in [4.69, 9.17) is 4.74 Å². The fourth-order valence-electron chi connectivity index (χ4n) is 3.94. The van der Waals surface area contributed by atoms with Crippen LogP contribution in [0.3, 0.4) is 0 Å². The molecule has 0 unspecified atom stereocenters. The smallest absolute Gasteiger partial charge is 0.410 e. The molecule has 2 aliphatic rings. The minimum atomic E-state index is -0.447. The van der Waals surface area contributed by atoms with Crippen molar-refractivity contribution in [2.45, 2.75) is 37.8 Å². The predicted octanol–water partition coefficient (Wildman–Crippen LogP) is 0.282. The highest BCUT2D eigenvalue weighted by molar-refractivity contribution is 6.00. The van der Waals surface area contributed by atoms with E-state index in [0.29, 0.717) is 25.1 Å². The van der Waals surface area contributed by atoms with Gasteiger partial charge >= 0.3 is 6.09 Å². The van der Waals surface area contributed by atoms with Crippen LogP contribution in [0.25, 0.3) is 5.65 Å². The molecule has 28 heavy (non-hydrogen) atoms. The van der Waals surface area contributed by atoms with E-state index in [-0.39, 0.29) is 30.4 Å². The molecule has 2 N–H and O–H groups in total. The molecule has 150 valence electrons. The number of fused-ring (bicyclic) bond motifs is 1. The molecule has 0 radical (unpaired) electrons. The Morgan fingerprint density at radius 3 is 2.79 bits per heavy atom. The van der Waals surface area contributed by atoms with Crippen LogP contribution < -0.4 is 10.6 Å². The van der Waals surface area contributed by atoms with Crippen molar-refractivity contribution in [3.8, 4) is 0 Å². The molecule has 3 amide bonds. The van der Waals surface area contributed by atoms with Gasteiger partial charge in [0.25, 0.3) is 5.91 Å². The molecule has 3 heterocycles. The third-order valence-corrected chi connectivity index (χ3v) is 5.33. The maximum Gasteiger partial charge on any atom is 0.410 e. The molecule has 2 aromatic heterocycles. The van der Waals surface area contributed by atoms with Gasteiger partial charge in [0.15, 0.2) is 0 Å². The predicted molar refractivity (Wildman–Crippen MR) is 98.7 cm³/mol. The van der Waals surface area contributed by atoms with Crippen molar-refractivity contribution in [1.29, 1.82) is 0 Å². The topological polar surface area (TPSA) is 110 Å². The number of aryl methyl sites for hydroxylation is 1. The van der Waals surface area contributed by atoms with Gasteiger partial charge in [0.2, 0.25) is 5.91 Å². The lowest BCUT2D eigenvalue weighted by atomic mass is 9.90. The highest BCUT2D eigenvalue weighted by Gasteiger charge is 2.28. The molecule has 1 saturated carbocycles. The van der Waals surface area contributed by atoms with Crippen LogP contribution in [0.5, 0.6) is 0 Å². The van der Waals surface area contributed by atoms with Gasteiger partial charge in [-0.3, -0.25) is 14.5 Å². The summed E-state index contributed by atoms with van der Waals surface area (Å²) in [7, 11) is 1.87. The maximum atomic E-state index is 12.7. The molecule has 0 aromatic carbocycles. The van der Waals surface area contributed by atoms with Gasteiger partial charge in [0.05, 0.1) is 12.7 Å². The first-order valence-corrected chi connectivity index (χ1v) is 9.52. The minimum absolute atomic E-state index is 0.00817. The number of aromatic nitrogens is 3. The van der Waals surface area contributed by atoms with Gasteiger partial charge in [0, 0.05) is 31.5 Å². The van der Waals surface area contributed by atoms with Gasteiger partial charge in [-0.2, -0.15) is 5.10 Å². The average Bonchev–Trinajstić information content (AvgIpc) is 3.34. The number of hydrogen-bond donors (Lipinski definition) is 2. The van der Waals surface area contributed by atoms with Crippen molar-refractivity contribution in [3.05, 3.63) is 24.2 Å². The van der Waals surface area contributed by atoms with Gasteiger partial charge in [-0.05, 0) is 25.7 Å². The number of imidazole rings is 1. The summed E-state index contributed by atoms with van der Waals surface area (Å²) in [6.07, 6.45) is 8.08. The third-order valence-electron chi connectivity index (χ3n) is 5.33. The SMILES string of the molecule is Cn1ccn2ncc(C(=O)N[C@@H]3CCC[C@@H](NC(=O)CN4CCOC4=O)C3)c12. The summed E-state index contributed by atoms with van der Waals surface area (Å²) in [4.78, 5) is 37.8. The number of carbonyl (C=O) groups excluding carboxylic acids is 3. The van der Waals surface area contributed by atoms with E-state index in [1.807, 2.05) is 17.8 Å². The van der Waals surface area contributed by atoms with Gasteiger partial charge in [-0.25, -0.2) is 9.31 Å². The fraction of sp³-hybridized carbons (Fsp3) is 0.556. The number of cyclic esters (lactones) is 1. The summed E-state index contributed by atoms with van der Waals surface area (Å²) in [6, 6.07) is -0.0362. The molecule has 2 fully saturated rings. The molecular weight excluding hydrogens is 364 g/mol. The van der Waals surface area contributed by atoms with Crippen molar-refractivity contribution in [2.75, 3.05) is 19.7 Å². The first-order chi connectivity index (χ1) is 13.5. The second-order valence-corrected chi connectivity index (χ2v) is 7.37. The summed E-state index contributed by atoms with van der Waals surface area (Å²) in [5.74, 6) is -0.355. The second kappa shape index (κ2) is 7.53. The second-order valence-electron chi connectivity index (χ2n) is 7.37. The van der Waals surface area contributed by atoms with Gasteiger partial charge in [-0.1, -0.05) is 0 Å². The molecule has 1 saturated heterocycles. The lowest BCUT2D eigenvalue weighted by molar-refractivity contribution is -0.122. The zero-order valence-electron chi connectivity index (χ0n) is 15.8. The zero-order chi connectivity index (χ0) is 19.7. The number of nitrogens with one attached hydrogen (secondary N) is 2. The van der Waals surface area contributed by atoms with E-state index in [1.54, 1.807) is 16.9 Å². The summed E-state index contributed by atoms with van der Waals surface area (Å²) >= 11 is 0. The summed E-state index contributed by atoms with van der Waals surface area (Å²) < 4.78 is 8.36. The van der Waals surface area contributed by atoms with E-state index < -0.39 is 6.09 Å². The number of hydrogen-bond acceptors (Lipinski definition) is 5. The monoisotopic (exact) mass is 388 g/mol. The largest absolute Gasteiger partial charge is 0.448 e. The number of carbonyl (C=O) groups is 3. The maximum absolute atomic E-state index is 12.7. The van der Waals surface area contributed by atoms with Crippen LogP contribution in [-0.2, 0) is 16.6 Å². The zero-order valence-corrected chi connectivity index (χ0v) is 15.8. The molecule has 0 bridgehead atoms. The number of amides is 3. The highest BCUT2D eigenvalue weighted by Crippen LogP contribution is 2.20. The standard InChI is InChI=1S/C18H24N6O4/c1-22-5-6-24-17(22)14(10-19-24)16(26)21-13-4-2-3-12(9-13)20-15(25)11-23-7-8-28-18(23)27/h5-6,10,12-13H,2-4,7-9,11H2,1H3,(H,20,25)(H,21,26)/t12-,13-/m1/s1. The summed E-state index contributed by atoms with van der Waals surface area (Å²) in [5.41, 5.74) is 1.28. The van der Waals surface area contributed by atoms with Crippen LogP contribution in [0.2, 0.25) is 0 Å². The molecule has 2 aromatic rings. The van der Waals surface area contributed by atoms with E-state index in [0.717, 1.165) is 24.9 Å². The Balaban J connectivity index is 1.32. The van der Waals surface area contributed by atoms with E-state index in [9.17, 15) is 14.4 Å².